The van der Waals surface area contributed by atoms with E-state index in [0.29, 0.717) is 13.1 Å². The molecule has 9 heteroatoms. The maximum absolute atomic E-state index is 14.4. The van der Waals surface area contributed by atoms with Gasteiger partial charge in [0.1, 0.15) is 0 Å². The zero-order valence-corrected chi connectivity index (χ0v) is 27.3. The Bertz CT molecular complexity index is 1190. The Morgan fingerprint density at radius 3 is 2.62 bits per heavy atom. The highest BCUT2D eigenvalue weighted by Gasteiger charge is 2.66. The van der Waals surface area contributed by atoms with Gasteiger partial charge in [0.15, 0.2) is 13.9 Å². The highest BCUT2D eigenvalue weighted by Crippen LogP contribution is 2.60. The second kappa shape index (κ2) is 12.2. The van der Waals surface area contributed by atoms with Crippen molar-refractivity contribution >= 4 is 41.7 Å². The molecule has 7 nitrogen and oxygen atoms in total. The van der Waals surface area contributed by atoms with Crippen molar-refractivity contribution in [2.24, 2.45) is 5.92 Å². The van der Waals surface area contributed by atoms with Crippen molar-refractivity contribution in [3.05, 3.63) is 51.5 Å². The number of hydrogen-bond donors (Lipinski definition) is 2. The van der Waals surface area contributed by atoms with E-state index in [2.05, 4.69) is 48.9 Å². The zero-order valence-electron chi connectivity index (χ0n) is 24.7. The number of amides is 2. The van der Waals surface area contributed by atoms with Crippen LogP contribution in [0.3, 0.4) is 0 Å². The number of allylic oxidation sites excluding steroid dienone is 3. The van der Waals surface area contributed by atoms with Gasteiger partial charge in [0.2, 0.25) is 5.91 Å². The Hall–Kier alpha value is -1.78. The van der Waals surface area contributed by atoms with E-state index in [-0.39, 0.29) is 42.3 Å². The van der Waals surface area contributed by atoms with E-state index in [4.69, 9.17) is 4.74 Å². The third kappa shape index (κ3) is 5.90. The van der Waals surface area contributed by atoms with E-state index in [9.17, 15) is 19.5 Å². The van der Waals surface area contributed by atoms with Crippen molar-refractivity contribution in [3.63, 3.8) is 0 Å². The van der Waals surface area contributed by atoms with Crippen LogP contribution in [0.25, 0.3) is 0 Å². The number of carbonyl (C=O) groups is 2. The molecular weight excluding hydrogens is 588 g/mol. The summed E-state index contributed by atoms with van der Waals surface area (Å²) >= 11 is 3.60. The first-order chi connectivity index (χ1) is 18.8. The summed E-state index contributed by atoms with van der Waals surface area (Å²) in [5.41, 5.74) is 2.54. The fraction of sp³-hybridized carbons (Fsp3) is 0.613. The van der Waals surface area contributed by atoms with E-state index in [0.717, 1.165) is 41.4 Å². The van der Waals surface area contributed by atoms with Crippen LogP contribution >= 0.6 is 15.9 Å². The molecule has 2 N–H and O–H groups in total. The van der Waals surface area contributed by atoms with Gasteiger partial charge in [0.25, 0.3) is 5.91 Å². The molecule has 0 saturated carbocycles. The minimum atomic E-state index is -2.87. The van der Waals surface area contributed by atoms with Crippen LogP contribution < -0.4 is 4.90 Å². The molecule has 40 heavy (non-hydrogen) atoms. The number of benzene rings is 1. The van der Waals surface area contributed by atoms with Gasteiger partial charge in [-0.1, -0.05) is 46.2 Å². The highest BCUT2D eigenvalue weighted by molar-refractivity contribution is 9.10. The number of aliphatic hydroxyl groups is 1. The molecule has 1 aromatic rings. The molecule has 3 heterocycles. The molecule has 1 aromatic carbocycles. The van der Waals surface area contributed by atoms with Crippen LogP contribution in [-0.4, -0.2) is 66.8 Å². The second-order valence-corrected chi connectivity index (χ2v) is 17.5. The van der Waals surface area contributed by atoms with E-state index in [1.807, 2.05) is 38.2 Å². The fourth-order valence-corrected chi connectivity index (χ4v) is 9.93. The predicted octanol–water partition coefficient (Wildman–Crippen LogP) is 5.66. The molecule has 5 atom stereocenters. The molecule has 3 aliphatic rings. The van der Waals surface area contributed by atoms with Gasteiger partial charge in [-0.3, -0.25) is 9.59 Å². The molecule has 0 radical (unpaired) electrons. The Kier molecular flexibility index (Phi) is 9.52. The first-order valence-electron chi connectivity index (χ1n) is 14.5. The van der Waals surface area contributed by atoms with Gasteiger partial charge >= 0.3 is 0 Å². The van der Waals surface area contributed by atoms with Crippen molar-refractivity contribution in [2.45, 2.75) is 96.2 Å². The number of anilines is 1. The van der Waals surface area contributed by atoms with Crippen LogP contribution in [0.15, 0.2) is 46.0 Å². The number of halogens is 1. The van der Waals surface area contributed by atoms with Gasteiger partial charge in [-0.2, -0.15) is 0 Å². The maximum Gasteiger partial charge on any atom is 0.264 e. The van der Waals surface area contributed by atoms with Gasteiger partial charge < -0.3 is 24.4 Å². The number of likely N-dealkylation sites (tertiary alicyclic amines) is 1. The molecule has 1 spiro atoms. The summed E-state index contributed by atoms with van der Waals surface area (Å²) < 4.78 is 7.66. The van der Waals surface area contributed by atoms with Crippen molar-refractivity contribution in [3.8, 4) is 0 Å². The lowest BCUT2D eigenvalue weighted by Gasteiger charge is -2.32. The van der Waals surface area contributed by atoms with Gasteiger partial charge in [-0.05, 0) is 77.7 Å². The number of nitrogens with zero attached hydrogens (tertiary/aromatic N) is 2. The van der Waals surface area contributed by atoms with Gasteiger partial charge in [0, 0.05) is 34.6 Å². The summed E-state index contributed by atoms with van der Waals surface area (Å²) in [6.07, 6.45) is 7.38. The molecule has 220 valence electrons. The molecule has 0 aliphatic carbocycles. The van der Waals surface area contributed by atoms with Gasteiger partial charge in [-0.15, -0.1) is 0 Å². The SMILES string of the molecule is CC(C)=CCC/C(C)=C/CN1C(=O)[C@@]2(O[C@@H](CC(=O)N3CCC[C@H]3CO)[C@H]([Si](C)(C)O)[C@H]2C)c2cc(Br)ccc21. The number of fused-ring (bicyclic) bond motifs is 2. The van der Waals surface area contributed by atoms with Crippen LogP contribution in [0, 0.1) is 5.92 Å². The van der Waals surface area contributed by atoms with Crippen LogP contribution in [-0.2, 0) is 19.9 Å². The fourth-order valence-electron chi connectivity index (χ4n) is 7.01. The Morgan fingerprint density at radius 2 is 1.98 bits per heavy atom. The minimum Gasteiger partial charge on any atom is -0.432 e. The van der Waals surface area contributed by atoms with Crippen LogP contribution in [0.4, 0.5) is 5.69 Å². The average Bonchev–Trinajstić information content (AvgIpc) is 3.52. The topological polar surface area (TPSA) is 90.3 Å². The number of hydrogen-bond acceptors (Lipinski definition) is 5. The molecular formula is C31H45BrN2O5Si. The van der Waals surface area contributed by atoms with Crippen LogP contribution in [0.2, 0.25) is 18.6 Å². The lowest BCUT2D eigenvalue weighted by molar-refractivity contribution is -0.150. The molecule has 2 amide bonds. The monoisotopic (exact) mass is 632 g/mol. The summed E-state index contributed by atoms with van der Waals surface area (Å²) in [6, 6.07) is 5.68. The summed E-state index contributed by atoms with van der Waals surface area (Å²) in [6.45, 7) is 13.0. The van der Waals surface area contributed by atoms with Crippen molar-refractivity contribution < 1.29 is 24.2 Å². The van der Waals surface area contributed by atoms with E-state index < -0.39 is 20.0 Å². The molecule has 2 fully saturated rings. The second-order valence-electron chi connectivity index (χ2n) is 12.6. The third-order valence-electron chi connectivity index (χ3n) is 8.94. The largest absolute Gasteiger partial charge is 0.432 e. The summed E-state index contributed by atoms with van der Waals surface area (Å²) in [4.78, 5) is 42.9. The Labute approximate surface area is 248 Å². The Morgan fingerprint density at radius 1 is 1.25 bits per heavy atom. The van der Waals surface area contributed by atoms with Crippen LogP contribution in [0.5, 0.6) is 0 Å². The molecule has 4 rings (SSSR count). The minimum absolute atomic E-state index is 0.0581. The van der Waals surface area contributed by atoms with E-state index in [1.165, 1.54) is 11.1 Å². The summed E-state index contributed by atoms with van der Waals surface area (Å²) in [5, 5.41) is 9.78. The van der Waals surface area contributed by atoms with Gasteiger partial charge in [0.05, 0.1) is 30.9 Å². The Balaban J connectivity index is 1.67. The van der Waals surface area contributed by atoms with E-state index in [1.54, 1.807) is 9.80 Å². The molecule has 0 aromatic heterocycles. The van der Waals surface area contributed by atoms with Crippen molar-refractivity contribution in [1.29, 1.82) is 0 Å². The normalized spacial score (nSPS) is 28.5. The quantitative estimate of drug-likeness (QED) is 0.271. The highest BCUT2D eigenvalue weighted by atomic mass is 79.9. The lowest BCUT2D eigenvalue weighted by Crippen LogP contribution is -2.46. The first-order valence-corrected chi connectivity index (χ1v) is 18.3. The summed E-state index contributed by atoms with van der Waals surface area (Å²) in [5.74, 6) is -0.535. The molecule has 3 aliphatic heterocycles. The zero-order chi connectivity index (χ0) is 29.4. The van der Waals surface area contributed by atoms with Gasteiger partial charge in [-0.25, -0.2) is 0 Å². The van der Waals surface area contributed by atoms with Crippen molar-refractivity contribution in [1.82, 2.24) is 4.90 Å². The van der Waals surface area contributed by atoms with E-state index >= 15 is 0 Å². The average molecular weight is 634 g/mol. The smallest absolute Gasteiger partial charge is 0.264 e. The number of ether oxygens (including phenoxy) is 1. The molecule has 2 saturated heterocycles. The summed E-state index contributed by atoms with van der Waals surface area (Å²) in [7, 11) is -2.87. The maximum atomic E-state index is 14.4. The molecule has 0 unspecified atom stereocenters. The standard InChI is InChI=1S/C31H45BrN2O5Si/c1-20(2)9-7-10-21(3)14-16-34-26-13-12-23(32)17-25(26)31(30(34)37)22(4)29(40(5,6)38)27(39-31)18-28(36)33-15-8-11-24(33)19-35/h9,12-14,17,22,24,27,29,35,38H,7-8,10-11,15-16,18-19H2,1-6H3/b21-14+/t22-,24+,27+,29-,31+/m1/s1. The van der Waals surface area contributed by atoms with Crippen LogP contribution in [0.1, 0.15) is 65.4 Å². The predicted molar refractivity (Wildman–Crippen MR) is 165 cm³/mol. The lowest BCUT2D eigenvalue weighted by atomic mass is 9.82. The number of aliphatic hydroxyl groups excluding tert-OH is 1. The first kappa shape index (κ1) is 31.2. The van der Waals surface area contributed by atoms with Crippen molar-refractivity contribution in [2.75, 3.05) is 24.6 Å². The third-order valence-corrected chi connectivity index (χ3v) is 11.9. The number of carbonyl (C=O) groups excluding carboxylic acids is 2. The number of rotatable bonds is 9. The molecule has 0 bridgehead atoms.